The molecule has 0 unspecified atom stereocenters. The van der Waals surface area contributed by atoms with E-state index in [1.807, 2.05) is 0 Å². The summed E-state index contributed by atoms with van der Waals surface area (Å²) in [4.78, 5) is 0. The lowest BCUT2D eigenvalue weighted by molar-refractivity contribution is 1.52. The lowest BCUT2D eigenvalue weighted by Crippen LogP contribution is -2.16. The van der Waals surface area contributed by atoms with Gasteiger partial charge in [0.1, 0.15) is 16.1 Å². The molecule has 0 aliphatic heterocycles. The highest BCUT2D eigenvalue weighted by Gasteiger charge is 2.13. The second-order valence-electron chi connectivity index (χ2n) is 8.38. The van der Waals surface area contributed by atoms with Gasteiger partial charge in [-0.2, -0.15) is 0 Å². The zero-order chi connectivity index (χ0) is 19.5. The Morgan fingerprint density at radius 3 is 1.27 bits per heavy atom. The van der Waals surface area contributed by atoms with Gasteiger partial charge in [-0.25, -0.2) is 0 Å². The van der Waals surface area contributed by atoms with Crippen LogP contribution in [0.3, 0.4) is 0 Å². The third kappa shape index (κ3) is 6.60. The molecule has 134 valence electrons. The molecule has 0 aliphatic carbocycles. The molecular weight excluding hydrogens is 480 g/mol. The molecule has 0 saturated heterocycles. The molecule has 0 bridgehead atoms. The zero-order valence-electron chi connectivity index (χ0n) is 16.2. The van der Waals surface area contributed by atoms with Crippen LogP contribution in [0.2, 0.25) is 39.3 Å². The summed E-state index contributed by atoms with van der Waals surface area (Å²) in [5.74, 6) is 6.87. The zero-order valence-corrected chi connectivity index (χ0v) is 21.4. The molecule has 2 aromatic rings. The van der Waals surface area contributed by atoms with Gasteiger partial charge in [0.05, 0.1) is 0 Å². The summed E-state index contributed by atoms with van der Waals surface area (Å²) < 4.78 is 2.10. The van der Waals surface area contributed by atoms with Crippen LogP contribution in [0.15, 0.2) is 45.3 Å². The summed E-state index contributed by atoms with van der Waals surface area (Å²) in [6.07, 6.45) is 0. The first-order valence-corrected chi connectivity index (χ1v) is 17.2. The van der Waals surface area contributed by atoms with Crippen molar-refractivity contribution in [1.29, 1.82) is 0 Å². The van der Waals surface area contributed by atoms with Crippen LogP contribution in [0.1, 0.15) is 11.1 Å². The first-order chi connectivity index (χ1) is 11.9. The van der Waals surface area contributed by atoms with Gasteiger partial charge in [-0.1, -0.05) is 95.1 Å². The summed E-state index contributed by atoms with van der Waals surface area (Å²) in [6, 6.07) is 12.7. The van der Waals surface area contributed by atoms with Gasteiger partial charge < -0.3 is 0 Å². The van der Waals surface area contributed by atoms with Crippen LogP contribution < -0.4 is 0 Å². The van der Waals surface area contributed by atoms with E-state index in [2.05, 4.69) is 130 Å². The van der Waals surface area contributed by atoms with Crippen molar-refractivity contribution in [2.24, 2.45) is 0 Å². The molecule has 2 rings (SSSR count). The normalized spacial score (nSPS) is 11.2. The van der Waals surface area contributed by atoms with E-state index < -0.39 is 16.1 Å². The van der Waals surface area contributed by atoms with Crippen molar-refractivity contribution in [3.8, 4) is 34.1 Å². The monoisotopic (exact) mass is 502 g/mol. The van der Waals surface area contributed by atoms with Crippen molar-refractivity contribution >= 4 is 48.0 Å². The summed E-state index contributed by atoms with van der Waals surface area (Å²) in [7, 11) is -2.90. The first-order valence-electron chi connectivity index (χ1n) is 8.60. The molecule has 0 radical (unpaired) electrons. The Bertz CT molecular complexity index is 861. The molecule has 0 heterocycles. The van der Waals surface area contributed by atoms with E-state index in [9.17, 15) is 0 Å². The number of benzene rings is 2. The molecule has 0 nitrogen and oxygen atoms in total. The molecule has 0 aliphatic rings. The maximum Gasteiger partial charge on any atom is 0.129 e. The molecule has 4 heteroatoms. The minimum absolute atomic E-state index is 1.05. The van der Waals surface area contributed by atoms with Crippen molar-refractivity contribution in [2.75, 3.05) is 0 Å². The molecule has 2 aromatic carbocycles. The third-order valence-corrected chi connectivity index (χ3v) is 6.13. The van der Waals surface area contributed by atoms with E-state index in [-0.39, 0.29) is 0 Å². The average Bonchev–Trinajstić information content (AvgIpc) is 2.50. The topological polar surface area (TPSA) is 0 Å². The van der Waals surface area contributed by atoms with E-state index in [1.54, 1.807) is 0 Å². The lowest BCUT2D eigenvalue weighted by Gasteiger charge is -2.11. The molecule has 0 spiro atoms. The van der Waals surface area contributed by atoms with E-state index >= 15 is 0 Å². The summed E-state index contributed by atoms with van der Waals surface area (Å²) in [6.45, 7) is 13.6. The second-order valence-corrected chi connectivity index (χ2v) is 19.7. The van der Waals surface area contributed by atoms with Gasteiger partial charge in [0.15, 0.2) is 0 Å². The van der Waals surface area contributed by atoms with E-state index in [1.165, 1.54) is 0 Å². The van der Waals surface area contributed by atoms with Crippen LogP contribution in [0, 0.1) is 22.9 Å². The van der Waals surface area contributed by atoms with Gasteiger partial charge >= 0.3 is 0 Å². The van der Waals surface area contributed by atoms with Crippen LogP contribution >= 0.6 is 31.9 Å². The maximum absolute atomic E-state index is 3.59. The molecule has 0 atom stereocenters. The fraction of sp³-hybridized carbons (Fsp3) is 0.273. The second kappa shape index (κ2) is 8.32. The number of halogens is 2. The minimum Gasteiger partial charge on any atom is -0.127 e. The fourth-order valence-corrected chi connectivity index (χ4v) is 3.96. The molecule has 0 aromatic heterocycles. The molecule has 0 saturated carbocycles. The van der Waals surface area contributed by atoms with Crippen molar-refractivity contribution in [1.82, 2.24) is 0 Å². The summed E-state index contributed by atoms with van der Waals surface area (Å²) >= 11 is 7.18. The van der Waals surface area contributed by atoms with Crippen LogP contribution in [-0.2, 0) is 0 Å². The van der Waals surface area contributed by atoms with Crippen LogP contribution in [0.25, 0.3) is 11.1 Å². The Labute approximate surface area is 177 Å². The van der Waals surface area contributed by atoms with Crippen molar-refractivity contribution in [3.63, 3.8) is 0 Å². The van der Waals surface area contributed by atoms with Gasteiger partial charge in [0.2, 0.25) is 0 Å². The van der Waals surface area contributed by atoms with Crippen LogP contribution in [0.5, 0.6) is 0 Å². The standard InChI is InChI=1S/C22H24Br2Si2/c1-25(2,3)13-11-17-15-19(23)7-9-21(17)22-10-8-20(24)16-18(22)12-14-26(4,5)6/h7-10,15-16H,1-6H3. The van der Waals surface area contributed by atoms with Crippen molar-refractivity contribution in [2.45, 2.75) is 39.3 Å². The van der Waals surface area contributed by atoms with Gasteiger partial charge in [-0.3, -0.25) is 0 Å². The van der Waals surface area contributed by atoms with Crippen molar-refractivity contribution in [3.05, 3.63) is 56.5 Å². The van der Waals surface area contributed by atoms with Crippen LogP contribution in [-0.4, -0.2) is 16.1 Å². The third-order valence-electron chi connectivity index (χ3n) is 3.40. The Balaban J connectivity index is 2.68. The highest BCUT2D eigenvalue weighted by molar-refractivity contribution is 9.10. The highest BCUT2D eigenvalue weighted by atomic mass is 79.9. The first kappa shape index (κ1) is 21.3. The number of hydrogen-bond acceptors (Lipinski definition) is 0. The molecule has 0 N–H and O–H groups in total. The lowest BCUT2D eigenvalue weighted by atomic mass is 9.96. The highest BCUT2D eigenvalue weighted by Crippen LogP contribution is 2.31. The SMILES string of the molecule is C[Si](C)(C)C#Cc1cc(Br)ccc1-c1ccc(Br)cc1C#C[Si](C)(C)C. The summed E-state index contributed by atoms with van der Waals surface area (Å²) in [5.41, 5.74) is 11.4. The predicted molar refractivity (Wildman–Crippen MR) is 128 cm³/mol. The summed E-state index contributed by atoms with van der Waals surface area (Å²) in [5, 5.41) is 0. The largest absolute Gasteiger partial charge is 0.129 e. The molecule has 0 amide bonds. The fourth-order valence-electron chi connectivity index (χ4n) is 2.22. The molecule has 26 heavy (non-hydrogen) atoms. The Morgan fingerprint density at radius 2 is 0.962 bits per heavy atom. The quantitative estimate of drug-likeness (QED) is 0.282. The number of rotatable bonds is 1. The number of hydrogen-bond donors (Lipinski definition) is 0. The van der Waals surface area contributed by atoms with E-state index in [0.29, 0.717) is 0 Å². The van der Waals surface area contributed by atoms with Gasteiger partial charge in [-0.15, -0.1) is 11.1 Å². The Hall–Kier alpha value is -1.05. The molecule has 0 fully saturated rings. The van der Waals surface area contributed by atoms with Gasteiger partial charge in [0, 0.05) is 20.1 Å². The molecular formula is C22H24Br2Si2. The average molecular weight is 504 g/mol. The van der Waals surface area contributed by atoms with E-state index in [4.69, 9.17) is 0 Å². The van der Waals surface area contributed by atoms with E-state index in [0.717, 1.165) is 31.2 Å². The van der Waals surface area contributed by atoms with Gasteiger partial charge in [0.25, 0.3) is 0 Å². The maximum atomic E-state index is 3.59. The van der Waals surface area contributed by atoms with Gasteiger partial charge in [-0.05, 0) is 35.4 Å². The Kier molecular flexibility index (Phi) is 6.80. The van der Waals surface area contributed by atoms with Crippen LogP contribution in [0.4, 0.5) is 0 Å². The predicted octanol–water partition coefficient (Wildman–Crippen LogP) is 7.34. The minimum atomic E-state index is -1.45. The Morgan fingerprint density at radius 1 is 0.615 bits per heavy atom. The van der Waals surface area contributed by atoms with Crippen molar-refractivity contribution < 1.29 is 0 Å². The smallest absolute Gasteiger partial charge is 0.127 e.